The number of pyridine rings is 1. The van der Waals surface area contributed by atoms with Crippen molar-refractivity contribution in [1.82, 2.24) is 4.57 Å². The van der Waals surface area contributed by atoms with Crippen LogP contribution in [0.5, 0.6) is 5.75 Å². The Balaban J connectivity index is 1.96. The molecule has 0 aliphatic carbocycles. The molecule has 0 unspecified atom stereocenters. The van der Waals surface area contributed by atoms with E-state index in [1.54, 1.807) is 36.5 Å². The molecule has 2 aromatic rings. The van der Waals surface area contributed by atoms with Gasteiger partial charge >= 0.3 is 0 Å². The molecule has 1 aromatic carbocycles. The Morgan fingerprint density at radius 1 is 1.29 bits per heavy atom. The number of para-hydroxylation sites is 2. The number of nitrogens with zero attached hydrogens (tertiary/aromatic N) is 1. The maximum Gasteiger partial charge on any atom is 0.262 e. The molecule has 3 N–H and O–H groups in total. The van der Waals surface area contributed by atoms with Crippen LogP contribution in [-0.2, 0) is 11.3 Å². The number of benzene rings is 1. The summed E-state index contributed by atoms with van der Waals surface area (Å²) in [5.74, 6) is 0.144. The molecule has 2 rings (SSSR count). The summed E-state index contributed by atoms with van der Waals surface area (Å²) in [6.45, 7) is 2.24. The fourth-order valence-corrected chi connectivity index (χ4v) is 1.80. The van der Waals surface area contributed by atoms with Gasteiger partial charge < -0.3 is 20.4 Å². The molecule has 6 nitrogen and oxygen atoms in total. The standard InChI is InChI=1S/C15H17N3O3/c1-2-18-9-11(7-8-15(18)20)17-14(19)10-21-13-6-4-3-5-12(13)16/h3-9H,2,10,16H2,1H3,(H,17,19). The lowest BCUT2D eigenvalue weighted by Gasteiger charge is -2.10. The number of carbonyl (C=O) groups is 1. The lowest BCUT2D eigenvalue weighted by Crippen LogP contribution is -2.23. The summed E-state index contributed by atoms with van der Waals surface area (Å²) in [4.78, 5) is 23.3. The third-order valence-electron chi connectivity index (χ3n) is 2.89. The second kappa shape index (κ2) is 6.60. The zero-order valence-electron chi connectivity index (χ0n) is 11.7. The van der Waals surface area contributed by atoms with Crippen LogP contribution in [0.1, 0.15) is 6.92 Å². The van der Waals surface area contributed by atoms with E-state index in [0.717, 1.165) is 0 Å². The van der Waals surface area contributed by atoms with Gasteiger partial charge in [-0.3, -0.25) is 9.59 Å². The molecular weight excluding hydrogens is 270 g/mol. The van der Waals surface area contributed by atoms with Gasteiger partial charge in [-0.2, -0.15) is 0 Å². The average molecular weight is 287 g/mol. The van der Waals surface area contributed by atoms with E-state index in [9.17, 15) is 9.59 Å². The van der Waals surface area contributed by atoms with Crippen LogP contribution in [0.15, 0.2) is 47.4 Å². The lowest BCUT2D eigenvalue weighted by atomic mass is 10.3. The maximum atomic E-state index is 11.8. The van der Waals surface area contributed by atoms with Crippen molar-refractivity contribution >= 4 is 17.3 Å². The number of ether oxygens (including phenoxy) is 1. The van der Waals surface area contributed by atoms with Crippen LogP contribution in [0.3, 0.4) is 0 Å². The van der Waals surface area contributed by atoms with Gasteiger partial charge in [-0.1, -0.05) is 12.1 Å². The molecular formula is C15H17N3O3. The van der Waals surface area contributed by atoms with Crippen LogP contribution in [0.4, 0.5) is 11.4 Å². The topological polar surface area (TPSA) is 86.3 Å². The number of aromatic nitrogens is 1. The van der Waals surface area contributed by atoms with E-state index in [2.05, 4.69) is 5.32 Å². The molecule has 6 heteroatoms. The molecule has 0 atom stereocenters. The minimum Gasteiger partial charge on any atom is -0.482 e. The van der Waals surface area contributed by atoms with Crippen molar-refractivity contribution in [2.24, 2.45) is 0 Å². The molecule has 0 aliphatic rings. The highest BCUT2D eigenvalue weighted by Gasteiger charge is 2.06. The average Bonchev–Trinajstić information content (AvgIpc) is 2.48. The number of aryl methyl sites for hydroxylation is 1. The first kappa shape index (κ1) is 14.6. The summed E-state index contributed by atoms with van der Waals surface area (Å²) in [6.07, 6.45) is 1.59. The Morgan fingerprint density at radius 3 is 2.76 bits per heavy atom. The van der Waals surface area contributed by atoms with Crippen LogP contribution < -0.4 is 21.3 Å². The summed E-state index contributed by atoms with van der Waals surface area (Å²) in [6, 6.07) is 9.93. The molecule has 0 bridgehead atoms. The molecule has 1 heterocycles. The Bertz CT molecular complexity index is 695. The lowest BCUT2D eigenvalue weighted by molar-refractivity contribution is -0.118. The molecule has 1 aromatic heterocycles. The third-order valence-corrected chi connectivity index (χ3v) is 2.89. The first-order valence-corrected chi connectivity index (χ1v) is 6.58. The number of carbonyl (C=O) groups excluding carboxylic acids is 1. The minimum absolute atomic E-state index is 0.108. The number of amides is 1. The first-order chi connectivity index (χ1) is 10.1. The van der Waals surface area contributed by atoms with E-state index in [-0.39, 0.29) is 18.1 Å². The SMILES string of the molecule is CCn1cc(NC(=O)COc2ccccc2N)ccc1=O. The zero-order chi connectivity index (χ0) is 15.2. The first-order valence-electron chi connectivity index (χ1n) is 6.58. The molecule has 0 saturated carbocycles. The molecule has 21 heavy (non-hydrogen) atoms. The molecule has 0 spiro atoms. The van der Waals surface area contributed by atoms with Gasteiger partial charge in [0.2, 0.25) is 0 Å². The largest absolute Gasteiger partial charge is 0.482 e. The second-order valence-corrected chi connectivity index (χ2v) is 4.42. The summed E-state index contributed by atoms with van der Waals surface area (Å²) >= 11 is 0. The van der Waals surface area contributed by atoms with Gasteiger partial charge in [0, 0.05) is 18.8 Å². The van der Waals surface area contributed by atoms with Gasteiger partial charge in [0.15, 0.2) is 6.61 Å². The monoisotopic (exact) mass is 287 g/mol. The maximum absolute atomic E-state index is 11.8. The highest BCUT2D eigenvalue weighted by atomic mass is 16.5. The van der Waals surface area contributed by atoms with E-state index in [1.807, 2.05) is 6.92 Å². The number of hydrogen-bond donors (Lipinski definition) is 2. The summed E-state index contributed by atoms with van der Waals surface area (Å²) < 4.78 is 6.85. The van der Waals surface area contributed by atoms with Crippen molar-refractivity contribution in [2.45, 2.75) is 13.5 Å². The van der Waals surface area contributed by atoms with E-state index in [1.165, 1.54) is 10.6 Å². The van der Waals surface area contributed by atoms with Gasteiger partial charge in [0.1, 0.15) is 5.75 Å². The molecule has 0 aliphatic heterocycles. The Labute approximate surface area is 122 Å². The number of nitrogen functional groups attached to an aromatic ring is 1. The molecule has 0 saturated heterocycles. The van der Waals surface area contributed by atoms with E-state index in [4.69, 9.17) is 10.5 Å². The van der Waals surface area contributed by atoms with E-state index < -0.39 is 0 Å². The summed E-state index contributed by atoms with van der Waals surface area (Å²) in [5, 5.41) is 2.67. The van der Waals surface area contributed by atoms with Crippen molar-refractivity contribution in [2.75, 3.05) is 17.7 Å². The van der Waals surface area contributed by atoms with E-state index >= 15 is 0 Å². The van der Waals surface area contributed by atoms with Crippen LogP contribution in [0.2, 0.25) is 0 Å². The molecule has 110 valence electrons. The summed E-state index contributed by atoms with van der Waals surface area (Å²) in [7, 11) is 0. The molecule has 0 fully saturated rings. The molecule has 1 amide bonds. The minimum atomic E-state index is -0.320. The number of hydrogen-bond acceptors (Lipinski definition) is 4. The highest BCUT2D eigenvalue weighted by Crippen LogP contribution is 2.19. The van der Waals surface area contributed by atoms with Crippen molar-refractivity contribution < 1.29 is 9.53 Å². The van der Waals surface area contributed by atoms with Crippen molar-refractivity contribution in [3.63, 3.8) is 0 Å². The highest BCUT2D eigenvalue weighted by molar-refractivity contribution is 5.91. The van der Waals surface area contributed by atoms with Crippen molar-refractivity contribution in [3.05, 3.63) is 52.9 Å². The van der Waals surface area contributed by atoms with Gasteiger partial charge in [-0.25, -0.2) is 0 Å². The summed E-state index contributed by atoms with van der Waals surface area (Å²) in [5.41, 5.74) is 6.64. The fraction of sp³-hybridized carbons (Fsp3) is 0.200. The van der Waals surface area contributed by atoms with Gasteiger partial charge in [-0.15, -0.1) is 0 Å². The normalized spacial score (nSPS) is 10.1. The van der Waals surface area contributed by atoms with Crippen LogP contribution >= 0.6 is 0 Å². The Morgan fingerprint density at radius 2 is 2.05 bits per heavy atom. The van der Waals surface area contributed by atoms with Crippen molar-refractivity contribution in [3.8, 4) is 5.75 Å². The smallest absolute Gasteiger partial charge is 0.262 e. The fourth-order valence-electron chi connectivity index (χ4n) is 1.80. The predicted octanol–water partition coefficient (Wildman–Crippen LogP) is 1.47. The van der Waals surface area contributed by atoms with Crippen molar-refractivity contribution in [1.29, 1.82) is 0 Å². The number of nitrogens with one attached hydrogen (secondary N) is 1. The predicted molar refractivity (Wildman–Crippen MR) is 81.4 cm³/mol. The van der Waals surface area contributed by atoms with Crippen LogP contribution in [0, 0.1) is 0 Å². The number of rotatable bonds is 5. The number of nitrogens with two attached hydrogens (primary N) is 1. The van der Waals surface area contributed by atoms with Crippen LogP contribution in [-0.4, -0.2) is 17.1 Å². The third kappa shape index (κ3) is 3.85. The second-order valence-electron chi connectivity index (χ2n) is 4.42. The van der Waals surface area contributed by atoms with Crippen LogP contribution in [0.25, 0.3) is 0 Å². The Hall–Kier alpha value is -2.76. The quantitative estimate of drug-likeness (QED) is 0.815. The molecule has 0 radical (unpaired) electrons. The van der Waals surface area contributed by atoms with Gasteiger partial charge in [0.25, 0.3) is 11.5 Å². The number of anilines is 2. The van der Waals surface area contributed by atoms with Gasteiger partial charge in [0.05, 0.1) is 11.4 Å². The van der Waals surface area contributed by atoms with E-state index in [0.29, 0.717) is 23.7 Å². The zero-order valence-corrected chi connectivity index (χ0v) is 11.7. The Kier molecular flexibility index (Phi) is 4.61. The van der Waals surface area contributed by atoms with Gasteiger partial charge in [-0.05, 0) is 25.1 Å².